The van der Waals surface area contributed by atoms with Gasteiger partial charge in [0, 0.05) is 12.1 Å². The van der Waals surface area contributed by atoms with Crippen LogP contribution in [0.4, 0.5) is 10.5 Å². The third-order valence-electron chi connectivity index (χ3n) is 3.43. The first kappa shape index (κ1) is 19.4. The van der Waals surface area contributed by atoms with Crippen molar-refractivity contribution in [3.63, 3.8) is 0 Å². The normalized spacial score (nSPS) is 13.9. The van der Waals surface area contributed by atoms with Crippen LogP contribution in [0.15, 0.2) is 24.3 Å². The highest BCUT2D eigenvalue weighted by Crippen LogP contribution is 2.32. The molecule has 0 aliphatic heterocycles. The number of benzene rings is 1. The molecule has 1 atom stereocenters. The molecular formula is C16H22N2O6. The highest BCUT2D eigenvalue weighted by Gasteiger charge is 2.46. The monoisotopic (exact) mass is 338 g/mol. The predicted molar refractivity (Wildman–Crippen MR) is 86.6 cm³/mol. The maximum Gasteiger partial charge on any atom is 0.408 e. The van der Waals surface area contributed by atoms with Crippen molar-refractivity contribution in [3.05, 3.63) is 39.9 Å². The smallest absolute Gasteiger partial charge is 0.408 e. The average molecular weight is 338 g/mol. The van der Waals surface area contributed by atoms with Gasteiger partial charge in [-0.1, -0.05) is 13.8 Å². The largest absolute Gasteiger partial charge is 0.479 e. The highest BCUT2D eigenvalue weighted by molar-refractivity contribution is 5.86. The first-order valence-electron chi connectivity index (χ1n) is 7.39. The van der Waals surface area contributed by atoms with Crippen LogP contribution >= 0.6 is 0 Å². The molecule has 1 unspecified atom stereocenters. The number of carbonyl (C=O) groups is 2. The van der Waals surface area contributed by atoms with Gasteiger partial charge >= 0.3 is 12.1 Å². The summed E-state index contributed by atoms with van der Waals surface area (Å²) in [4.78, 5) is 34.3. The number of rotatable bonds is 5. The van der Waals surface area contributed by atoms with E-state index in [1.54, 1.807) is 34.6 Å². The first-order chi connectivity index (χ1) is 10.9. The molecule has 0 saturated carbocycles. The molecular weight excluding hydrogens is 316 g/mol. The number of carboxylic acid groups (broad SMARTS) is 1. The van der Waals surface area contributed by atoms with Gasteiger partial charge in [-0.15, -0.1) is 0 Å². The number of nitro groups is 1. The Balaban J connectivity index is 3.31. The van der Waals surface area contributed by atoms with Crippen LogP contribution in [-0.2, 0) is 15.1 Å². The number of nitrogens with zero attached hydrogens (tertiary/aromatic N) is 1. The lowest BCUT2D eigenvalue weighted by atomic mass is 9.80. The van der Waals surface area contributed by atoms with Crippen molar-refractivity contribution < 1.29 is 24.4 Å². The maximum atomic E-state index is 12.1. The van der Waals surface area contributed by atoms with E-state index in [0.717, 1.165) is 0 Å². The molecule has 0 radical (unpaired) electrons. The Bertz CT molecular complexity index is 633. The van der Waals surface area contributed by atoms with Crippen LogP contribution in [0.2, 0.25) is 0 Å². The number of nitro benzene ring substituents is 1. The van der Waals surface area contributed by atoms with Crippen LogP contribution < -0.4 is 5.32 Å². The lowest BCUT2D eigenvalue weighted by molar-refractivity contribution is -0.384. The summed E-state index contributed by atoms with van der Waals surface area (Å²) in [5.74, 6) is -1.82. The van der Waals surface area contributed by atoms with Gasteiger partial charge in [-0.2, -0.15) is 0 Å². The van der Waals surface area contributed by atoms with Gasteiger partial charge in [0.2, 0.25) is 0 Å². The quantitative estimate of drug-likeness (QED) is 0.629. The zero-order valence-electron chi connectivity index (χ0n) is 14.3. The van der Waals surface area contributed by atoms with Crippen molar-refractivity contribution in [2.75, 3.05) is 0 Å². The fourth-order valence-corrected chi connectivity index (χ4v) is 2.28. The van der Waals surface area contributed by atoms with Crippen molar-refractivity contribution in [2.24, 2.45) is 5.92 Å². The molecule has 24 heavy (non-hydrogen) atoms. The number of hydrogen-bond donors (Lipinski definition) is 2. The number of nitrogens with one attached hydrogen (secondary N) is 1. The standard InChI is InChI=1S/C16H22N2O6/c1-10(2)16(13(19)20,17-14(21)24-15(3,4)5)11-6-8-12(9-7-11)18(22)23/h6-10H,1-5H3,(H,17,21)(H,19,20). The fourth-order valence-electron chi connectivity index (χ4n) is 2.28. The topological polar surface area (TPSA) is 119 Å². The molecule has 0 spiro atoms. The maximum absolute atomic E-state index is 12.1. The number of hydrogen-bond acceptors (Lipinski definition) is 5. The van der Waals surface area contributed by atoms with Gasteiger partial charge in [0.05, 0.1) is 4.92 Å². The van der Waals surface area contributed by atoms with E-state index in [1.165, 1.54) is 24.3 Å². The summed E-state index contributed by atoms with van der Waals surface area (Å²) in [7, 11) is 0. The molecule has 0 aliphatic carbocycles. The van der Waals surface area contributed by atoms with Crippen molar-refractivity contribution in [1.29, 1.82) is 0 Å². The molecule has 1 amide bonds. The lowest BCUT2D eigenvalue weighted by Gasteiger charge is -2.35. The second kappa shape index (κ2) is 6.86. The predicted octanol–water partition coefficient (Wildman–Crippen LogP) is 3.06. The number of non-ortho nitro benzene ring substituents is 1. The van der Waals surface area contributed by atoms with Gasteiger partial charge < -0.3 is 15.2 Å². The van der Waals surface area contributed by atoms with Gasteiger partial charge in [-0.25, -0.2) is 9.59 Å². The van der Waals surface area contributed by atoms with Crippen LogP contribution in [0, 0.1) is 16.0 Å². The van der Waals surface area contributed by atoms with Crippen molar-refractivity contribution in [1.82, 2.24) is 5.32 Å². The number of ether oxygens (including phenoxy) is 1. The van der Waals surface area contributed by atoms with Gasteiger partial charge in [-0.05, 0) is 44.4 Å². The minimum absolute atomic E-state index is 0.168. The zero-order chi connectivity index (χ0) is 18.7. The fraction of sp³-hybridized carbons (Fsp3) is 0.500. The van der Waals surface area contributed by atoms with Gasteiger partial charge in [-0.3, -0.25) is 10.1 Å². The summed E-state index contributed by atoms with van der Waals surface area (Å²) >= 11 is 0. The van der Waals surface area contributed by atoms with Crippen LogP contribution in [0.1, 0.15) is 40.2 Å². The van der Waals surface area contributed by atoms with Crippen LogP contribution in [0.5, 0.6) is 0 Å². The summed E-state index contributed by atoms with van der Waals surface area (Å²) in [5.41, 5.74) is -2.50. The Morgan fingerprint density at radius 1 is 1.21 bits per heavy atom. The van der Waals surface area contributed by atoms with E-state index < -0.39 is 34.0 Å². The van der Waals surface area contributed by atoms with Crippen molar-refractivity contribution in [2.45, 2.75) is 45.8 Å². The summed E-state index contributed by atoms with van der Waals surface area (Å²) in [6.45, 7) is 8.25. The molecule has 1 aromatic rings. The summed E-state index contributed by atoms with van der Waals surface area (Å²) in [5, 5.41) is 23.0. The third-order valence-corrected chi connectivity index (χ3v) is 3.43. The van der Waals surface area contributed by atoms with Crippen LogP contribution in [-0.4, -0.2) is 27.7 Å². The van der Waals surface area contributed by atoms with Crippen LogP contribution in [0.25, 0.3) is 0 Å². The van der Waals surface area contributed by atoms with E-state index in [1.807, 2.05) is 0 Å². The van der Waals surface area contributed by atoms with E-state index >= 15 is 0 Å². The van der Waals surface area contributed by atoms with Crippen LogP contribution in [0.3, 0.4) is 0 Å². The molecule has 2 N–H and O–H groups in total. The number of carbonyl (C=O) groups excluding carboxylic acids is 1. The molecule has 0 bridgehead atoms. The van der Waals surface area contributed by atoms with Gasteiger partial charge in [0.15, 0.2) is 5.54 Å². The first-order valence-corrected chi connectivity index (χ1v) is 7.39. The van der Waals surface area contributed by atoms with Crippen molar-refractivity contribution >= 4 is 17.7 Å². The highest BCUT2D eigenvalue weighted by atomic mass is 16.6. The number of alkyl carbamates (subject to hydrolysis) is 1. The molecule has 0 heterocycles. The minimum atomic E-state index is -1.77. The average Bonchev–Trinajstić information content (AvgIpc) is 2.42. The molecule has 0 aliphatic rings. The molecule has 0 aromatic heterocycles. The Morgan fingerprint density at radius 3 is 2.04 bits per heavy atom. The molecule has 8 heteroatoms. The number of amides is 1. The summed E-state index contributed by atoms with van der Waals surface area (Å²) in [6, 6.07) is 5.05. The van der Waals surface area contributed by atoms with Gasteiger partial charge in [0.25, 0.3) is 5.69 Å². The summed E-state index contributed by atoms with van der Waals surface area (Å²) in [6.07, 6.45) is -0.878. The second-order valence-electron chi connectivity index (χ2n) is 6.70. The SMILES string of the molecule is CC(C)C(NC(=O)OC(C)(C)C)(C(=O)O)c1ccc([N+](=O)[O-])cc1. The molecule has 1 aromatic carbocycles. The molecule has 0 saturated heterocycles. The number of carboxylic acids is 1. The Hall–Kier alpha value is -2.64. The van der Waals surface area contributed by atoms with Crippen molar-refractivity contribution in [3.8, 4) is 0 Å². The van der Waals surface area contributed by atoms with E-state index in [2.05, 4.69) is 5.32 Å². The molecule has 0 fully saturated rings. The van der Waals surface area contributed by atoms with E-state index in [9.17, 15) is 24.8 Å². The Labute approximate surface area is 140 Å². The molecule has 8 nitrogen and oxygen atoms in total. The van der Waals surface area contributed by atoms with E-state index in [0.29, 0.717) is 0 Å². The third kappa shape index (κ3) is 4.21. The Morgan fingerprint density at radius 2 is 1.71 bits per heavy atom. The molecule has 1 rings (SSSR count). The minimum Gasteiger partial charge on any atom is -0.479 e. The zero-order valence-corrected chi connectivity index (χ0v) is 14.3. The van der Waals surface area contributed by atoms with E-state index in [-0.39, 0.29) is 11.3 Å². The lowest BCUT2D eigenvalue weighted by Crippen LogP contribution is -2.56. The Kier molecular flexibility index (Phi) is 5.54. The second-order valence-corrected chi connectivity index (χ2v) is 6.70. The van der Waals surface area contributed by atoms with Gasteiger partial charge in [0.1, 0.15) is 5.60 Å². The molecule has 132 valence electrons. The van der Waals surface area contributed by atoms with E-state index in [4.69, 9.17) is 4.74 Å². The number of aliphatic carboxylic acids is 1. The summed E-state index contributed by atoms with van der Waals surface area (Å²) < 4.78 is 5.16.